The molecule has 0 bridgehead atoms. The van der Waals surface area contributed by atoms with Crippen molar-refractivity contribution in [2.75, 3.05) is 23.3 Å². The van der Waals surface area contributed by atoms with Gasteiger partial charge in [0.15, 0.2) is 0 Å². The SMILES string of the molecule is Cc1ccn2cc(C(=O)Nc3ccccc3N3CCCCC3)nc2c1. The van der Waals surface area contributed by atoms with Gasteiger partial charge in [-0.1, -0.05) is 12.1 Å². The van der Waals surface area contributed by atoms with Crippen LogP contribution in [0.3, 0.4) is 0 Å². The first kappa shape index (κ1) is 15.7. The molecule has 0 radical (unpaired) electrons. The molecule has 1 N–H and O–H groups in total. The fourth-order valence-electron chi connectivity index (χ4n) is 3.37. The van der Waals surface area contributed by atoms with Crippen LogP contribution in [0, 0.1) is 6.92 Å². The summed E-state index contributed by atoms with van der Waals surface area (Å²) in [5.41, 5.74) is 4.28. The van der Waals surface area contributed by atoms with Crippen LogP contribution in [0.15, 0.2) is 48.8 Å². The Kier molecular flexibility index (Phi) is 4.14. The van der Waals surface area contributed by atoms with Crippen LogP contribution in [0.4, 0.5) is 11.4 Å². The van der Waals surface area contributed by atoms with Gasteiger partial charge < -0.3 is 14.6 Å². The molecule has 3 heterocycles. The number of nitrogens with one attached hydrogen (secondary N) is 1. The van der Waals surface area contributed by atoms with Crippen LogP contribution in [-0.4, -0.2) is 28.4 Å². The maximum atomic E-state index is 12.7. The predicted molar refractivity (Wildman–Crippen MR) is 100 cm³/mol. The second kappa shape index (κ2) is 6.59. The Balaban J connectivity index is 1.59. The predicted octanol–water partition coefficient (Wildman–Crippen LogP) is 3.89. The van der Waals surface area contributed by atoms with E-state index in [1.54, 1.807) is 6.20 Å². The number of nitrogens with zero attached hydrogens (tertiary/aromatic N) is 3. The number of aryl methyl sites for hydroxylation is 1. The molecule has 0 saturated carbocycles. The number of benzene rings is 1. The van der Waals surface area contributed by atoms with Gasteiger partial charge in [0, 0.05) is 25.5 Å². The largest absolute Gasteiger partial charge is 0.370 e. The maximum Gasteiger partial charge on any atom is 0.275 e. The molecular weight excluding hydrogens is 312 g/mol. The summed E-state index contributed by atoms with van der Waals surface area (Å²) in [4.78, 5) is 19.5. The number of pyridine rings is 1. The number of carbonyl (C=O) groups is 1. The average molecular weight is 334 g/mol. The normalized spacial score (nSPS) is 14.7. The number of carbonyl (C=O) groups excluding carboxylic acids is 1. The van der Waals surface area contributed by atoms with E-state index in [0.717, 1.165) is 35.7 Å². The highest BCUT2D eigenvalue weighted by molar-refractivity contribution is 6.05. The minimum Gasteiger partial charge on any atom is -0.370 e. The molecule has 5 heteroatoms. The van der Waals surface area contributed by atoms with Crippen LogP contribution in [0.5, 0.6) is 0 Å². The molecule has 1 aliphatic rings. The van der Waals surface area contributed by atoms with E-state index in [1.165, 1.54) is 19.3 Å². The molecule has 1 saturated heterocycles. The van der Waals surface area contributed by atoms with E-state index in [9.17, 15) is 4.79 Å². The zero-order valence-electron chi connectivity index (χ0n) is 14.4. The van der Waals surface area contributed by atoms with Crippen molar-refractivity contribution >= 4 is 22.9 Å². The molecule has 0 spiro atoms. The smallest absolute Gasteiger partial charge is 0.275 e. The molecule has 0 unspecified atom stereocenters. The molecule has 1 amide bonds. The second-order valence-corrected chi connectivity index (χ2v) is 6.61. The van der Waals surface area contributed by atoms with Gasteiger partial charge in [0.2, 0.25) is 0 Å². The zero-order valence-corrected chi connectivity index (χ0v) is 14.4. The van der Waals surface area contributed by atoms with Crippen LogP contribution in [0.1, 0.15) is 35.3 Å². The molecule has 1 aromatic carbocycles. The number of para-hydroxylation sites is 2. The standard InChI is InChI=1S/C20H22N4O/c1-15-9-12-24-14-17(21-19(24)13-15)20(25)22-16-7-3-4-8-18(16)23-10-5-2-6-11-23/h3-4,7-9,12-14H,2,5-6,10-11H2,1H3,(H,22,25). The third-order valence-corrected chi connectivity index (χ3v) is 4.70. The van der Waals surface area contributed by atoms with Crippen LogP contribution in [-0.2, 0) is 0 Å². The van der Waals surface area contributed by atoms with Crippen LogP contribution in [0.25, 0.3) is 5.65 Å². The van der Waals surface area contributed by atoms with Gasteiger partial charge in [-0.25, -0.2) is 4.98 Å². The fourth-order valence-corrected chi connectivity index (χ4v) is 3.37. The fraction of sp³-hybridized carbons (Fsp3) is 0.300. The number of hydrogen-bond donors (Lipinski definition) is 1. The molecule has 0 aliphatic carbocycles. The van der Waals surface area contributed by atoms with Crippen molar-refractivity contribution in [2.45, 2.75) is 26.2 Å². The summed E-state index contributed by atoms with van der Waals surface area (Å²) in [6.07, 6.45) is 7.39. The number of rotatable bonds is 3. The summed E-state index contributed by atoms with van der Waals surface area (Å²) in [5, 5.41) is 3.04. The van der Waals surface area contributed by atoms with E-state index in [-0.39, 0.29) is 5.91 Å². The van der Waals surface area contributed by atoms with E-state index in [4.69, 9.17) is 0 Å². The number of aromatic nitrogens is 2. The second-order valence-electron chi connectivity index (χ2n) is 6.61. The highest BCUT2D eigenvalue weighted by Gasteiger charge is 2.17. The maximum absolute atomic E-state index is 12.7. The monoisotopic (exact) mass is 334 g/mol. The molecule has 0 atom stereocenters. The summed E-state index contributed by atoms with van der Waals surface area (Å²) in [6, 6.07) is 12.0. The summed E-state index contributed by atoms with van der Waals surface area (Å²) >= 11 is 0. The highest BCUT2D eigenvalue weighted by atomic mass is 16.1. The first-order valence-electron chi connectivity index (χ1n) is 8.81. The minimum atomic E-state index is -0.175. The van der Waals surface area contributed by atoms with E-state index >= 15 is 0 Å². The molecule has 4 rings (SSSR count). The van der Waals surface area contributed by atoms with Crippen molar-refractivity contribution in [1.82, 2.24) is 9.38 Å². The lowest BCUT2D eigenvalue weighted by Crippen LogP contribution is -2.30. The topological polar surface area (TPSA) is 49.6 Å². The lowest BCUT2D eigenvalue weighted by atomic mass is 10.1. The summed E-state index contributed by atoms with van der Waals surface area (Å²) in [5.74, 6) is -0.175. The quantitative estimate of drug-likeness (QED) is 0.791. The average Bonchev–Trinajstić information content (AvgIpc) is 3.06. The minimum absolute atomic E-state index is 0.175. The van der Waals surface area contributed by atoms with Crippen molar-refractivity contribution in [3.63, 3.8) is 0 Å². The number of piperidine rings is 1. The molecule has 1 aliphatic heterocycles. The molecule has 5 nitrogen and oxygen atoms in total. The number of imidazole rings is 1. The Hall–Kier alpha value is -2.82. The van der Waals surface area contributed by atoms with Crippen molar-refractivity contribution in [1.29, 1.82) is 0 Å². The summed E-state index contributed by atoms with van der Waals surface area (Å²) in [6.45, 7) is 4.10. The van der Waals surface area contributed by atoms with Gasteiger partial charge in [-0.2, -0.15) is 0 Å². The van der Waals surface area contributed by atoms with Gasteiger partial charge >= 0.3 is 0 Å². The number of fused-ring (bicyclic) bond motifs is 1. The van der Waals surface area contributed by atoms with Gasteiger partial charge in [0.25, 0.3) is 5.91 Å². The third kappa shape index (κ3) is 3.22. The van der Waals surface area contributed by atoms with Crippen molar-refractivity contribution < 1.29 is 4.79 Å². The molecule has 3 aromatic rings. The number of hydrogen-bond acceptors (Lipinski definition) is 3. The first-order valence-corrected chi connectivity index (χ1v) is 8.81. The van der Waals surface area contributed by atoms with E-state index < -0.39 is 0 Å². The van der Waals surface area contributed by atoms with Crippen molar-refractivity contribution in [2.24, 2.45) is 0 Å². The van der Waals surface area contributed by atoms with E-state index in [1.807, 2.05) is 47.9 Å². The first-order chi connectivity index (χ1) is 12.2. The Morgan fingerprint density at radius 3 is 2.76 bits per heavy atom. The van der Waals surface area contributed by atoms with E-state index in [2.05, 4.69) is 21.3 Å². The van der Waals surface area contributed by atoms with Gasteiger partial charge in [-0.3, -0.25) is 4.79 Å². The molecule has 128 valence electrons. The van der Waals surface area contributed by atoms with E-state index in [0.29, 0.717) is 5.69 Å². The Morgan fingerprint density at radius 2 is 1.92 bits per heavy atom. The summed E-state index contributed by atoms with van der Waals surface area (Å²) < 4.78 is 1.87. The Labute approximate surface area is 147 Å². The Morgan fingerprint density at radius 1 is 1.12 bits per heavy atom. The zero-order chi connectivity index (χ0) is 17.2. The summed E-state index contributed by atoms with van der Waals surface area (Å²) in [7, 11) is 0. The molecule has 25 heavy (non-hydrogen) atoms. The Bertz CT molecular complexity index is 909. The third-order valence-electron chi connectivity index (χ3n) is 4.70. The number of amides is 1. The number of anilines is 2. The lowest BCUT2D eigenvalue weighted by Gasteiger charge is -2.30. The van der Waals surface area contributed by atoms with Gasteiger partial charge in [-0.05, 0) is 56.0 Å². The molecule has 1 fully saturated rings. The van der Waals surface area contributed by atoms with Crippen LogP contribution >= 0.6 is 0 Å². The lowest BCUT2D eigenvalue weighted by molar-refractivity contribution is 0.102. The van der Waals surface area contributed by atoms with Crippen molar-refractivity contribution in [3.8, 4) is 0 Å². The van der Waals surface area contributed by atoms with Crippen LogP contribution < -0.4 is 10.2 Å². The van der Waals surface area contributed by atoms with Gasteiger partial charge in [0.1, 0.15) is 11.3 Å². The van der Waals surface area contributed by atoms with Gasteiger partial charge in [0.05, 0.1) is 11.4 Å². The van der Waals surface area contributed by atoms with Crippen molar-refractivity contribution in [3.05, 3.63) is 60.0 Å². The van der Waals surface area contributed by atoms with Gasteiger partial charge in [-0.15, -0.1) is 0 Å². The highest BCUT2D eigenvalue weighted by Crippen LogP contribution is 2.28. The molecule has 2 aromatic heterocycles. The van der Waals surface area contributed by atoms with Crippen LogP contribution in [0.2, 0.25) is 0 Å². The molecular formula is C20H22N4O.